The van der Waals surface area contributed by atoms with Crippen LogP contribution in [0, 0.1) is 0 Å². The molecule has 0 saturated carbocycles. The van der Waals surface area contributed by atoms with Gasteiger partial charge in [0.2, 0.25) is 0 Å². The van der Waals surface area contributed by atoms with Crippen LogP contribution >= 0.6 is 0 Å². The van der Waals surface area contributed by atoms with Gasteiger partial charge in [0.1, 0.15) is 11.6 Å². The highest BCUT2D eigenvalue weighted by molar-refractivity contribution is 5.50. The van der Waals surface area contributed by atoms with Gasteiger partial charge in [-0.25, -0.2) is 9.97 Å². The highest BCUT2D eigenvalue weighted by atomic mass is 15.2. The first-order chi connectivity index (χ1) is 11.9. The average molecular weight is 322 g/mol. The number of hydrogen-bond donors (Lipinski definition) is 1. The summed E-state index contributed by atoms with van der Waals surface area (Å²) in [7, 11) is 0. The number of nitrogens with one attached hydrogen (secondary N) is 1. The van der Waals surface area contributed by atoms with Crippen LogP contribution in [0.5, 0.6) is 0 Å². The Morgan fingerprint density at radius 1 is 0.917 bits per heavy atom. The second-order valence-corrected chi connectivity index (χ2v) is 6.85. The van der Waals surface area contributed by atoms with Crippen molar-refractivity contribution in [3.8, 4) is 0 Å². The first-order valence-electron chi connectivity index (χ1n) is 9.28. The van der Waals surface area contributed by atoms with E-state index < -0.39 is 0 Å². The van der Waals surface area contributed by atoms with Crippen LogP contribution in [-0.2, 0) is 19.3 Å². The lowest BCUT2D eigenvalue weighted by atomic mass is 10.1. The van der Waals surface area contributed by atoms with E-state index in [-0.39, 0.29) is 0 Å². The van der Waals surface area contributed by atoms with Crippen LogP contribution in [0.15, 0.2) is 30.3 Å². The predicted octanol–water partition coefficient (Wildman–Crippen LogP) is 2.75. The van der Waals surface area contributed by atoms with Crippen molar-refractivity contribution in [3.05, 3.63) is 53.0 Å². The molecule has 0 aliphatic carbocycles. The van der Waals surface area contributed by atoms with Crippen molar-refractivity contribution in [2.75, 3.05) is 31.1 Å². The Labute approximate surface area is 144 Å². The molecule has 2 aliphatic rings. The van der Waals surface area contributed by atoms with Crippen molar-refractivity contribution in [1.82, 2.24) is 15.3 Å². The second kappa shape index (κ2) is 7.31. The van der Waals surface area contributed by atoms with E-state index in [1.54, 1.807) is 0 Å². The first kappa shape index (κ1) is 15.6. The fraction of sp³-hybridized carbons (Fsp3) is 0.500. The summed E-state index contributed by atoms with van der Waals surface area (Å²) in [4.78, 5) is 12.5. The van der Waals surface area contributed by atoms with Crippen molar-refractivity contribution < 1.29 is 0 Å². The summed E-state index contributed by atoms with van der Waals surface area (Å²) in [5.41, 5.74) is 3.94. The molecule has 0 unspecified atom stereocenters. The molecule has 1 aromatic heterocycles. The Balaban J connectivity index is 1.70. The maximum Gasteiger partial charge on any atom is 0.135 e. The number of benzene rings is 1. The van der Waals surface area contributed by atoms with Gasteiger partial charge in [-0.1, -0.05) is 30.3 Å². The molecule has 1 saturated heterocycles. The Morgan fingerprint density at radius 3 is 2.54 bits per heavy atom. The smallest absolute Gasteiger partial charge is 0.135 e. The zero-order valence-corrected chi connectivity index (χ0v) is 14.3. The number of aromatic nitrogens is 2. The standard InChI is InChI=1S/C20H26N4/c1-3-7-16(8-4-1)15-19-22-18-10-12-21-11-9-17(18)20(23-19)24-13-5-2-6-14-24/h1,3-4,7-8,21H,2,5-6,9-15H2. The number of anilines is 1. The molecule has 1 aromatic carbocycles. The van der Waals surface area contributed by atoms with Gasteiger partial charge in [-0.05, 0) is 37.8 Å². The van der Waals surface area contributed by atoms with Crippen LogP contribution in [0.3, 0.4) is 0 Å². The summed E-state index contributed by atoms with van der Waals surface area (Å²) in [5.74, 6) is 2.19. The van der Waals surface area contributed by atoms with E-state index in [4.69, 9.17) is 9.97 Å². The van der Waals surface area contributed by atoms with Gasteiger partial charge in [0.15, 0.2) is 0 Å². The average Bonchev–Trinajstić information content (AvgIpc) is 2.88. The van der Waals surface area contributed by atoms with E-state index in [0.717, 1.165) is 51.3 Å². The molecule has 4 rings (SSSR count). The van der Waals surface area contributed by atoms with Gasteiger partial charge in [-0.3, -0.25) is 0 Å². The number of rotatable bonds is 3. The fourth-order valence-corrected chi connectivity index (χ4v) is 3.80. The van der Waals surface area contributed by atoms with Crippen molar-refractivity contribution in [2.24, 2.45) is 0 Å². The van der Waals surface area contributed by atoms with Gasteiger partial charge < -0.3 is 10.2 Å². The maximum atomic E-state index is 5.03. The van der Waals surface area contributed by atoms with Crippen LogP contribution in [0.1, 0.15) is 41.9 Å². The minimum atomic E-state index is 0.822. The van der Waals surface area contributed by atoms with Gasteiger partial charge in [0, 0.05) is 38.0 Å². The van der Waals surface area contributed by atoms with Gasteiger partial charge >= 0.3 is 0 Å². The fourth-order valence-electron chi connectivity index (χ4n) is 3.80. The summed E-state index contributed by atoms with van der Waals surface area (Å²) < 4.78 is 0. The molecule has 2 aliphatic heterocycles. The highest BCUT2D eigenvalue weighted by Crippen LogP contribution is 2.26. The number of hydrogen-bond acceptors (Lipinski definition) is 4. The number of piperidine rings is 1. The quantitative estimate of drug-likeness (QED) is 0.943. The lowest BCUT2D eigenvalue weighted by molar-refractivity contribution is 0.569. The van der Waals surface area contributed by atoms with E-state index in [0.29, 0.717) is 0 Å². The van der Waals surface area contributed by atoms with Crippen molar-refractivity contribution >= 4 is 5.82 Å². The van der Waals surface area contributed by atoms with Gasteiger partial charge in [-0.15, -0.1) is 0 Å². The predicted molar refractivity (Wildman–Crippen MR) is 97.6 cm³/mol. The Morgan fingerprint density at radius 2 is 1.71 bits per heavy atom. The Kier molecular flexibility index (Phi) is 4.74. The summed E-state index contributed by atoms with van der Waals surface area (Å²) in [6.45, 7) is 4.34. The minimum absolute atomic E-state index is 0.822. The minimum Gasteiger partial charge on any atom is -0.356 e. The van der Waals surface area contributed by atoms with Crippen LogP contribution in [0.25, 0.3) is 0 Å². The van der Waals surface area contributed by atoms with Gasteiger partial charge in [0.05, 0.1) is 5.69 Å². The van der Waals surface area contributed by atoms with E-state index in [9.17, 15) is 0 Å². The SMILES string of the molecule is c1ccc(Cc2nc3c(c(N4CCCCC4)n2)CCNCC3)cc1. The molecule has 1 N–H and O–H groups in total. The molecule has 4 nitrogen and oxygen atoms in total. The summed E-state index contributed by atoms with van der Waals surface area (Å²) in [5, 5.41) is 3.51. The number of nitrogens with zero attached hydrogens (tertiary/aromatic N) is 3. The topological polar surface area (TPSA) is 41.1 Å². The third kappa shape index (κ3) is 3.44. The highest BCUT2D eigenvalue weighted by Gasteiger charge is 2.22. The monoisotopic (exact) mass is 322 g/mol. The molecule has 3 heterocycles. The van der Waals surface area contributed by atoms with Crippen LogP contribution in [-0.4, -0.2) is 36.1 Å². The molecule has 0 atom stereocenters. The van der Waals surface area contributed by atoms with Crippen LogP contribution < -0.4 is 10.2 Å². The Hall–Kier alpha value is -1.94. The zero-order valence-electron chi connectivity index (χ0n) is 14.3. The maximum absolute atomic E-state index is 5.03. The largest absolute Gasteiger partial charge is 0.356 e. The van der Waals surface area contributed by atoms with Crippen molar-refractivity contribution in [1.29, 1.82) is 0 Å². The first-order valence-corrected chi connectivity index (χ1v) is 9.28. The Bertz CT molecular complexity index is 678. The third-order valence-corrected chi connectivity index (χ3v) is 5.07. The number of fused-ring (bicyclic) bond motifs is 1. The molecule has 4 heteroatoms. The van der Waals surface area contributed by atoms with Crippen molar-refractivity contribution in [2.45, 2.75) is 38.5 Å². The molecule has 0 bridgehead atoms. The molecule has 24 heavy (non-hydrogen) atoms. The normalized spacial score (nSPS) is 18.1. The molecule has 126 valence electrons. The molecular weight excluding hydrogens is 296 g/mol. The molecule has 2 aromatic rings. The summed E-state index contributed by atoms with van der Waals surface area (Å²) in [6, 6.07) is 10.6. The molecular formula is C20H26N4. The summed E-state index contributed by atoms with van der Waals surface area (Å²) in [6.07, 6.45) is 6.80. The lowest BCUT2D eigenvalue weighted by Crippen LogP contribution is -2.32. The van der Waals surface area contributed by atoms with Gasteiger partial charge in [-0.2, -0.15) is 0 Å². The van der Waals surface area contributed by atoms with E-state index >= 15 is 0 Å². The van der Waals surface area contributed by atoms with Crippen LogP contribution in [0.2, 0.25) is 0 Å². The zero-order chi connectivity index (χ0) is 16.2. The van der Waals surface area contributed by atoms with Crippen molar-refractivity contribution in [3.63, 3.8) is 0 Å². The molecule has 0 radical (unpaired) electrons. The van der Waals surface area contributed by atoms with Crippen LogP contribution in [0.4, 0.5) is 5.82 Å². The van der Waals surface area contributed by atoms with Gasteiger partial charge in [0.25, 0.3) is 0 Å². The second-order valence-electron chi connectivity index (χ2n) is 6.85. The molecule has 0 spiro atoms. The molecule has 1 fully saturated rings. The summed E-state index contributed by atoms with van der Waals surface area (Å²) >= 11 is 0. The molecule has 0 amide bonds. The lowest BCUT2D eigenvalue weighted by Gasteiger charge is -2.30. The third-order valence-electron chi connectivity index (χ3n) is 5.07. The van der Waals surface area contributed by atoms with E-state index in [2.05, 4.69) is 40.5 Å². The van der Waals surface area contributed by atoms with E-state index in [1.807, 2.05) is 0 Å². The van der Waals surface area contributed by atoms with E-state index in [1.165, 1.54) is 41.9 Å².